The van der Waals surface area contributed by atoms with Gasteiger partial charge in [-0.1, -0.05) is 33.6 Å². The average Bonchev–Trinajstić information content (AvgIpc) is 2.45. The third-order valence-electron chi connectivity index (χ3n) is 3.74. The maximum absolute atomic E-state index is 12.0. The van der Waals surface area contributed by atoms with Crippen LogP contribution in [0.1, 0.15) is 39.2 Å². The van der Waals surface area contributed by atoms with Gasteiger partial charge in [0.15, 0.2) is 0 Å². The first kappa shape index (κ1) is 18.6. The fraction of sp³-hybridized carbons (Fsp3) is 0.588. The highest BCUT2D eigenvalue weighted by Gasteiger charge is 2.26. The van der Waals surface area contributed by atoms with E-state index in [9.17, 15) is 4.79 Å². The number of benzene rings is 1. The third-order valence-corrected chi connectivity index (χ3v) is 4.72. The summed E-state index contributed by atoms with van der Waals surface area (Å²) in [5.41, 5.74) is 0.747. The molecule has 2 rings (SSSR count). The van der Waals surface area contributed by atoms with Crippen molar-refractivity contribution in [2.24, 2.45) is 0 Å². The molecule has 23 heavy (non-hydrogen) atoms. The van der Waals surface area contributed by atoms with Crippen LogP contribution in [-0.4, -0.2) is 35.7 Å². The number of carbonyl (C=O) groups excluding carboxylic acids is 1. The van der Waals surface area contributed by atoms with E-state index < -0.39 is 5.60 Å². The molecule has 0 bridgehead atoms. The maximum atomic E-state index is 12.0. The van der Waals surface area contributed by atoms with Crippen LogP contribution in [0, 0.1) is 0 Å². The van der Waals surface area contributed by atoms with Crippen molar-refractivity contribution < 1.29 is 9.53 Å². The highest BCUT2D eigenvalue weighted by molar-refractivity contribution is 9.10. The van der Waals surface area contributed by atoms with Crippen LogP contribution in [0.3, 0.4) is 0 Å². The smallest absolute Gasteiger partial charge is 0.410 e. The summed E-state index contributed by atoms with van der Waals surface area (Å²) in [6.07, 6.45) is 1.66. The Morgan fingerprint density at radius 2 is 2.04 bits per heavy atom. The van der Waals surface area contributed by atoms with Gasteiger partial charge < -0.3 is 15.0 Å². The van der Waals surface area contributed by atoms with Crippen molar-refractivity contribution in [2.45, 2.75) is 51.8 Å². The Bertz CT molecular complexity index is 552. The van der Waals surface area contributed by atoms with Crippen LogP contribution in [-0.2, 0) is 11.3 Å². The number of halogens is 2. The summed E-state index contributed by atoms with van der Waals surface area (Å²) in [6, 6.07) is 6.24. The lowest BCUT2D eigenvalue weighted by Gasteiger charge is -2.33. The van der Waals surface area contributed by atoms with Gasteiger partial charge in [0.05, 0.1) is 0 Å². The number of nitrogens with zero attached hydrogens (tertiary/aromatic N) is 1. The molecule has 1 saturated heterocycles. The fourth-order valence-corrected chi connectivity index (χ4v) is 3.33. The van der Waals surface area contributed by atoms with Gasteiger partial charge in [-0.05, 0) is 51.3 Å². The Morgan fingerprint density at radius 3 is 2.61 bits per heavy atom. The molecule has 0 saturated carbocycles. The van der Waals surface area contributed by atoms with Crippen LogP contribution in [0.4, 0.5) is 4.79 Å². The molecule has 0 aliphatic carbocycles. The number of carbonyl (C=O) groups is 1. The van der Waals surface area contributed by atoms with Gasteiger partial charge in [0, 0.05) is 35.2 Å². The standard InChI is InChI=1S/C17H24BrClN2O2/c1-17(2,3)23-16(22)21-8-6-14(7-9-21)20-11-12-4-5-13(19)10-15(12)18/h4-5,10,14,20H,6-9,11H2,1-3H3. The summed E-state index contributed by atoms with van der Waals surface area (Å²) in [5, 5.41) is 4.28. The predicted molar refractivity (Wildman–Crippen MR) is 96.8 cm³/mol. The normalized spacial score (nSPS) is 16.5. The van der Waals surface area contributed by atoms with Crippen LogP contribution >= 0.6 is 27.5 Å². The Morgan fingerprint density at radius 1 is 1.39 bits per heavy atom. The molecule has 0 aromatic heterocycles. The minimum atomic E-state index is -0.437. The summed E-state index contributed by atoms with van der Waals surface area (Å²) in [5.74, 6) is 0. The number of ether oxygens (including phenoxy) is 1. The monoisotopic (exact) mass is 402 g/mol. The largest absolute Gasteiger partial charge is 0.444 e. The molecule has 1 aliphatic rings. The SMILES string of the molecule is CC(C)(C)OC(=O)N1CCC(NCc2ccc(Cl)cc2Br)CC1. The van der Waals surface area contributed by atoms with Crippen molar-refractivity contribution in [1.29, 1.82) is 0 Å². The minimum absolute atomic E-state index is 0.212. The van der Waals surface area contributed by atoms with E-state index in [2.05, 4.69) is 21.2 Å². The molecule has 6 heteroatoms. The Hall–Kier alpha value is -0.780. The van der Waals surface area contributed by atoms with Crippen LogP contribution in [0.5, 0.6) is 0 Å². The second kappa shape index (κ2) is 7.86. The highest BCUT2D eigenvalue weighted by atomic mass is 79.9. The molecule has 1 fully saturated rings. The molecule has 1 aliphatic heterocycles. The number of nitrogens with one attached hydrogen (secondary N) is 1. The van der Waals surface area contributed by atoms with E-state index in [1.807, 2.05) is 39.0 Å². The zero-order valence-electron chi connectivity index (χ0n) is 13.9. The van der Waals surface area contributed by atoms with Crippen molar-refractivity contribution in [2.75, 3.05) is 13.1 Å². The summed E-state index contributed by atoms with van der Waals surface area (Å²) < 4.78 is 6.43. The van der Waals surface area contributed by atoms with Gasteiger partial charge in [-0.2, -0.15) is 0 Å². The van der Waals surface area contributed by atoms with Crippen molar-refractivity contribution in [1.82, 2.24) is 10.2 Å². The maximum Gasteiger partial charge on any atom is 0.410 e. The molecule has 0 spiro atoms. The molecule has 1 amide bonds. The average molecular weight is 404 g/mol. The van der Waals surface area contributed by atoms with E-state index in [1.165, 1.54) is 5.56 Å². The van der Waals surface area contributed by atoms with Crippen molar-refractivity contribution in [3.63, 3.8) is 0 Å². The molecule has 4 nitrogen and oxygen atoms in total. The van der Waals surface area contributed by atoms with E-state index in [-0.39, 0.29) is 6.09 Å². The van der Waals surface area contributed by atoms with Gasteiger partial charge in [-0.3, -0.25) is 0 Å². The predicted octanol–water partition coefficient (Wildman–Crippen LogP) is 4.59. The lowest BCUT2D eigenvalue weighted by atomic mass is 10.0. The minimum Gasteiger partial charge on any atom is -0.444 e. The molecule has 1 heterocycles. The van der Waals surface area contributed by atoms with Crippen LogP contribution in [0.2, 0.25) is 5.02 Å². The molecule has 0 radical (unpaired) electrons. The van der Waals surface area contributed by atoms with Crippen molar-refractivity contribution >= 4 is 33.6 Å². The van der Waals surface area contributed by atoms with E-state index in [1.54, 1.807) is 4.90 Å². The molecule has 1 aromatic rings. The quantitative estimate of drug-likeness (QED) is 0.802. The van der Waals surface area contributed by atoms with Crippen LogP contribution in [0.15, 0.2) is 22.7 Å². The number of rotatable bonds is 3. The van der Waals surface area contributed by atoms with Gasteiger partial charge in [-0.25, -0.2) is 4.79 Å². The summed E-state index contributed by atoms with van der Waals surface area (Å²) in [4.78, 5) is 13.8. The third kappa shape index (κ3) is 5.98. The van der Waals surface area contributed by atoms with Gasteiger partial charge in [-0.15, -0.1) is 0 Å². The van der Waals surface area contributed by atoms with Gasteiger partial charge in [0.1, 0.15) is 5.60 Å². The molecule has 0 atom stereocenters. The van der Waals surface area contributed by atoms with Gasteiger partial charge in [0.2, 0.25) is 0 Å². The van der Waals surface area contributed by atoms with Gasteiger partial charge in [0.25, 0.3) is 0 Å². The zero-order chi connectivity index (χ0) is 17.0. The second-order valence-electron chi connectivity index (χ2n) is 6.86. The number of amides is 1. The van der Waals surface area contributed by atoms with E-state index in [0.717, 1.165) is 42.0 Å². The molecular weight excluding hydrogens is 380 g/mol. The van der Waals surface area contributed by atoms with E-state index in [4.69, 9.17) is 16.3 Å². The van der Waals surface area contributed by atoms with Crippen LogP contribution < -0.4 is 5.32 Å². The molecule has 128 valence electrons. The fourth-order valence-electron chi connectivity index (χ4n) is 2.51. The number of likely N-dealkylation sites (tertiary alicyclic amines) is 1. The summed E-state index contributed by atoms with van der Waals surface area (Å²) in [7, 11) is 0. The highest BCUT2D eigenvalue weighted by Crippen LogP contribution is 2.22. The molecular formula is C17H24BrClN2O2. The summed E-state index contributed by atoms with van der Waals surface area (Å²) >= 11 is 9.49. The van der Waals surface area contributed by atoms with E-state index >= 15 is 0 Å². The topological polar surface area (TPSA) is 41.6 Å². The summed E-state index contributed by atoms with van der Waals surface area (Å²) in [6.45, 7) is 7.92. The second-order valence-corrected chi connectivity index (χ2v) is 8.15. The van der Waals surface area contributed by atoms with Crippen LogP contribution in [0.25, 0.3) is 0 Å². The number of hydrogen-bond acceptors (Lipinski definition) is 3. The lowest BCUT2D eigenvalue weighted by molar-refractivity contribution is 0.0198. The number of hydrogen-bond donors (Lipinski definition) is 1. The Balaban J connectivity index is 1.77. The van der Waals surface area contributed by atoms with Crippen molar-refractivity contribution in [3.8, 4) is 0 Å². The Labute approximate surface area is 151 Å². The Kier molecular flexibility index (Phi) is 6.34. The van der Waals surface area contributed by atoms with Gasteiger partial charge >= 0.3 is 6.09 Å². The first-order valence-electron chi connectivity index (χ1n) is 7.90. The van der Waals surface area contributed by atoms with Crippen molar-refractivity contribution in [3.05, 3.63) is 33.3 Å². The molecule has 1 aromatic carbocycles. The first-order valence-corrected chi connectivity index (χ1v) is 9.07. The number of piperidine rings is 1. The zero-order valence-corrected chi connectivity index (χ0v) is 16.2. The molecule has 0 unspecified atom stereocenters. The lowest BCUT2D eigenvalue weighted by Crippen LogP contribution is -2.46. The van der Waals surface area contributed by atoms with E-state index in [0.29, 0.717) is 6.04 Å². The molecule has 1 N–H and O–H groups in total. The first-order chi connectivity index (χ1) is 10.7.